The number of carbonyl (C=O) groups is 1. The van der Waals surface area contributed by atoms with Gasteiger partial charge in [-0.25, -0.2) is 14.4 Å². The van der Waals surface area contributed by atoms with Crippen molar-refractivity contribution in [2.24, 2.45) is 0 Å². The van der Waals surface area contributed by atoms with Crippen LogP contribution in [0.5, 0.6) is 0 Å². The minimum atomic E-state index is -0.301. The fourth-order valence-electron chi connectivity index (χ4n) is 3.64. The van der Waals surface area contributed by atoms with Gasteiger partial charge in [-0.15, -0.1) is 0 Å². The van der Waals surface area contributed by atoms with Gasteiger partial charge < -0.3 is 15.1 Å². The Kier molecular flexibility index (Phi) is 5.24. The summed E-state index contributed by atoms with van der Waals surface area (Å²) >= 11 is 0. The monoisotopic (exact) mass is 394 g/mol. The number of fused-ring (bicyclic) bond motifs is 1. The molecule has 0 aliphatic carbocycles. The van der Waals surface area contributed by atoms with Crippen molar-refractivity contribution in [2.45, 2.75) is 13.3 Å². The van der Waals surface area contributed by atoms with Gasteiger partial charge in [-0.05, 0) is 18.2 Å². The number of hydrogen-bond acceptors (Lipinski definition) is 6. The highest BCUT2D eigenvalue weighted by Gasteiger charge is 2.22. The summed E-state index contributed by atoms with van der Waals surface area (Å²) in [5, 5.41) is 3.03. The minimum absolute atomic E-state index is 0.145. The third-order valence-electron chi connectivity index (χ3n) is 5.21. The van der Waals surface area contributed by atoms with E-state index in [1.54, 1.807) is 25.5 Å². The van der Waals surface area contributed by atoms with Crippen LogP contribution < -0.4 is 10.2 Å². The zero-order chi connectivity index (χ0) is 20.4. The van der Waals surface area contributed by atoms with Crippen molar-refractivity contribution in [3.8, 4) is 11.3 Å². The molecule has 4 rings (SSSR count). The van der Waals surface area contributed by atoms with Crippen molar-refractivity contribution in [1.29, 1.82) is 0 Å². The van der Waals surface area contributed by atoms with Gasteiger partial charge in [-0.1, -0.05) is 13.0 Å². The van der Waals surface area contributed by atoms with Crippen LogP contribution in [0.15, 0.2) is 36.7 Å². The van der Waals surface area contributed by atoms with Crippen molar-refractivity contribution in [1.82, 2.24) is 19.9 Å². The molecule has 0 saturated carbocycles. The first-order valence-corrected chi connectivity index (χ1v) is 9.73. The lowest BCUT2D eigenvalue weighted by molar-refractivity contribution is -0.131. The fourth-order valence-corrected chi connectivity index (χ4v) is 3.64. The Morgan fingerprint density at radius 1 is 1.14 bits per heavy atom. The molecule has 1 aliphatic heterocycles. The Morgan fingerprint density at radius 3 is 2.59 bits per heavy atom. The summed E-state index contributed by atoms with van der Waals surface area (Å²) in [5.74, 6) is 0.447. The lowest BCUT2D eigenvalue weighted by Gasteiger charge is -2.36. The van der Waals surface area contributed by atoms with Crippen LogP contribution in [0.2, 0.25) is 0 Å². The second-order valence-corrected chi connectivity index (χ2v) is 6.92. The lowest BCUT2D eigenvalue weighted by atomic mass is 10.1. The van der Waals surface area contributed by atoms with E-state index in [0.29, 0.717) is 66.4 Å². The maximum atomic E-state index is 14.9. The number of benzene rings is 1. The van der Waals surface area contributed by atoms with Gasteiger partial charge >= 0.3 is 0 Å². The van der Waals surface area contributed by atoms with E-state index >= 15 is 0 Å². The molecule has 7 nitrogen and oxygen atoms in total. The Balaban J connectivity index is 1.60. The summed E-state index contributed by atoms with van der Waals surface area (Å²) in [6.07, 6.45) is 3.74. The second-order valence-electron chi connectivity index (χ2n) is 6.92. The van der Waals surface area contributed by atoms with E-state index < -0.39 is 0 Å². The Bertz CT molecular complexity index is 1050. The molecule has 8 heteroatoms. The number of hydrogen-bond donors (Lipinski definition) is 1. The van der Waals surface area contributed by atoms with Crippen molar-refractivity contribution < 1.29 is 9.18 Å². The summed E-state index contributed by atoms with van der Waals surface area (Å²) in [6, 6.07) is 6.96. The van der Waals surface area contributed by atoms with Crippen LogP contribution >= 0.6 is 0 Å². The van der Waals surface area contributed by atoms with Gasteiger partial charge in [0, 0.05) is 57.6 Å². The topological polar surface area (TPSA) is 74.2 Å². The number of amides is 1. The summed E-state index contributed by atoms with van der Waals surface area (Å²) in [4.78, 5) is 28.9. The van der Waals surface area contributed by atoms with Crippen LogP contribution in [0.4, 0.5) is 15.9 Å². The quantitative estimate of drug-likeness (QED) is 0.733. The van der Waals surface area contributed by atoms with Crippen molar-refractivity contribution in [3.05, 3.63) is 42.5 Å². The largest absolute Gasteiger partial charge is 0.371 e. The van der Waals surface area contributed by atoms with Crippen LogP contribution in [0.3, 0.4) is 0 Å². The average Bonchev–Trinajstić information content (AvgIpc) is 2.77. The summed E-state index contributed by atoms with van der Waals surface area (Å²) < 4.78 is 14.9. The number of pyridine rings is 1. The van der Waals surface area contributed by atoms with Crippen molar-refractivity contribution in [2.75, 3.05) is 43.4 Å². The normalized spacial score (nSPS) is 14.3. The number of piperazine rings is 1. The molecule has 1 aliphatic rings. The zero-order valence-corrected chi connectivity index (χ0v) is 16.5. The molecule has 1 amide bonds. The summed E-state index contributed by atoms with van der Waals surface area (Å²) in [6.45, 7) is 4.33. The summed E-state index contributed by atoms with van der Waals surface area (Å²) in [5.41, 5.74) is 3.23. The molecular weight excluding hydrogens is 371 g/mol. The fraction of sp³-hybridized carbons (Fsp3) is 0.333. The van der Waals surface area contributed by atoms with Crippen LogP contribution in [0, 0.1) is 5.82 Å². The van der Waals surface area contributed by atoms with Gasteiger partial charge in [0.2, 0.25) is 5.91 Å². The van der Waals surface area contributed by atoms with E-state index in [0.717, 1.165) is 0 Å². The molecule has 0 radical (unpaired) electrons. The van der Waals surface area contributed by atoms with Gasteiger partial charge in [0.15, 0.2) is 5.82 Å². The van der Waals surface area contributed by atoms with E-state index in [4.69, 9.17) is 0 Å². The number of halogens is 1. The molecule has 1 fully saturated rings. The van der Waals surface area contributed by atoms with Gasteiger partial charge in [-0.3, -0.25) is 9.78 Å². The molecule has 1 saturated heterocycles. The van der Waals surface area contributed by atoms with Crippen LogP contribution in [-0.2, 0) is 4.79 Å². The van der Waals surface area contributed by atoms with Gasteiger partial charge in [0.1, 0.15) is 11.3 Å². The smallest absolute Gasteiger partial charge is 0.222 e. The number of rotatable bonds is 4. The van der Waals surface area contributed by atoms with Crippen molar-refractivity contribution in [3.63, 3.8) is 0 Å². The van der Waals surface area contributed by atoms with Crippen LogP contribution in [0.1, 0.15) is 13.3 Å². The van der Waals surface area contributed by atoms with Gasteiger partial charge in [0.25, 0.3) is 0 Å². The first kappa shape index (κ1) is 19.0. The van der Waals surface area contributed by atoms with E-state index in [-0.39, 0.29) is 11.7 Å². The molecular formula is C21H23FN6O. The molecule has 29 heavy (non-hydrogen) atoms. The Morgan fingerprint density at radius 2 is 1.90 bits per heavy atom. The van der Waals surface area contributed by atoms with E-state index in [2.05, 4.69) is 20.3 Å². The molecule has 3 heterocycles. The van der Waals surface area contributed by atoms with Crippen molar-refractivity contribution >= 4 is 28.4 Å². The first-order chi connectivity index (χ1) is 14.1. The number of anilines is 2. The minimum Gasteiger partial charge on any atom is -0.371 e. The molecule has 0 bridgehead atoms. The predicted molar refractivity (Wildman–Crippen MR) is 111 cm³/mol. The van der Waals surface area contributed by atoms with Gasteiger partial charge in [-0.2, -0.15) is 0 Å². The lowest BCUT2D eigenvalue weighted by Crippen LogP contribution is -2.48. The summed E-state index contributed by atoms with van der Waals surface area (Å²) in [7, 11) is 1.77. The SMILES string of the molecule is CCC(=O)N1CCN(c2ccc(-c3cc4nccnc4c(NC)n3)cc2F)CC1. The third-order valence-corrected chi connectivity index (χ3v) is 5.21. The second kappa shape index (κ2) is 7.98. The van der Waals surface area contributed by atoms with Crippen LogP contribution in [-0.4, -0.2) is 59.0 Å². The molecule has 150 valence electrons. The molecule has 2 aromatic heterocycles. The molecule has 0 spiro atoms. The van der Waals surface area contributed by atoms with Crippen LogP contribution in [0.25, 0.3) is 22.3 Å². The molecule has 1 aromatic carbocycles. The number of nitrogens with one attached hydrogen (secondary N) is 1. The first-order valence-electron chi connectivity index (χ1n) is 9.73. The highest BCUT2D eigenvalue weighted by Crippen LogP contribution is 2.29. The molecule has 3 aromatic rings. The number of carbonyl (C=O) groups excluding carboxylic acids is 1. The maximum Gasteiger partial charge on any atom is 0.222 e. The number of aromatic nitrogens is 3. The predicted octanol–water partition coefficient (Wildman–Crippen LogP) is 2.93. The highest BCUT2D eigenvalue weighted by molar-refractivity contribution is 5.88. The number of nitrogens with zero attached hydrogens (tertiary/aromatic N) is 5. The molecule has 0 atom stereocenters. The third kappa shape index (κ3) is 3.70. The highest BCUT2D eigenvalue weighted by atomic mass is 19.1. The van der Waals surface area contributed by atoms with E-state index in [1.807, 2.05) is 28.9 Å². The zero-order valence-electron chi connectivity index (χ0n) is 16.5. The Hall–Kier alpha value is -3.29. The molecule has 1 N–H and O–H groups in total. The van der Waals surface area contributed by atoms with Gasteiger partial charge in [0.05, 0.1) is 16.9 Å². The Labute approximate surface area is 168 Å². The molecule has 0 unspecified atom stereocenters. The maximum absolute atomic E-state index is 14.9. The van der Waals surface area contributed by atoms with E-state index in [1.165, 1.54) is 6.07 Å². The van der Waals surface area contributed by atoms with E-state index in [9.17, 15) is 9.18 Å². The standard InChI is InChI=1S/C21H23FN6O/c1-3-19(29)28-10-8-27(9-11-28)18-5-4-14(12-15(18)22)16-13-17-20(21(23-2)26-16)25-7-6-24-17/h4-7,12-13H,3,8-11H2,1-2H3,(H,23,26). The average molecular weight is 394 g/mol.